The minimum absolute atomic E-state index is 0.0797. The number of carbonyl (C=O) groups excluding carboxylic acids is 1. The van der Waals surface area contributed by atoms with Gasteiger partial charge in [0, 0.05) is 64.0 Å². The van der Waals surface area contributed by atoms with Gasteiger partial charge in [-0.2, -0.15) is 18.4 Å². The third-order valence-corrected chi connectivity index (χ3v) is 7.79. The number of hydrogen-bond acceptors (Lipinski definition) is 8. The maximum Gasteiger partial charge on any atom is 0.417 e. The van der Waals surface area contributed by atoms with Crippen molar-refractivity contribution in [2.45, 2.75) is 31.7 Å². The van der Waals surface area contributed by atoms with Crippen molar-refractivity contribution in [2.75, 3.05) is 68.0 Å². The summed E-state index contributed by atoms with van der Waals surface area (Å²) in [6.07, 6.45) is -5.15. The predicted octanol–water partition coefficient (Wildman–Crippen LogP) is 2.20. The second-order valence-electron chi connectivity index (χ2n) is 10.9. The van der Waals surface area contributed by atoms with Crippen molar-refractivity contribution >= 4 is 23.1 Å². The maximum absolute atomic E-state index is 13.6. The van der Waals surface area contributed by atoms with Gasteiger partial charge < -0.3 is 25.5 Å². The van der Waals surface area contributed by atoms with Crippen molar-refractivity contribution in [3.63, 3.8) is 0 Å². The first-order valence-corrected chi connectivity index (χ1v) is 13.0. The summed E-state index contributed by atoms with van der Waals surface area (Å²) < 4.78 is 40.9. The highest BCUT2D eigenvalue weighted by Crippen LogP contribution is 2.37. The van der Waals surface area contributed by atoms with Crippen LogP contribution in [0, 0.1) is 23.7 Å². The number of benzene rings is 1. The largest absolute Gasteiger partial charge is 0.417 e. The molecule has 0 bridgehead atoms. The number of aromatic nitrogens is 1. The van der Waals surface area contributed by atoms with E-state index in [1.807, 2.05) is 17.0 Å². The zero-order valence-electron chi connectivity index (χ0n) is 21.9. The number of carbonyl (C=O) groups is 1. The molecule has 1 spiro atoms. The lowest BCUT2D eigenvalue weighted by Crippen LogP contribution is -2.71. The SMILES string of the molecule is Cc1cc(C(F)(F)F)c(C#N)c(N[C@H]2CCN(CC(O)CN3CC4(CNC4)C3)c3ccccc3N(C)C2=O)n1. The molecular formula is C27H32F3N7O2. The number of aliphatic hydroxyl groups is 1. The molecule has 2 saturated heterocycles. The van der Waals surface area contributed by atoms with E-state index in [0.29, 0.717) is 30.7 Å². The second kappa shape index (κ2) is 10.3. The van der Waals surface area contributed by atoms with E-state index in [1.165, 1.54) is 11.8 Å². The highest BCUT2D eigenvalue weighted by molar-refractivity contribution is 6.01. The van der Waals surface area contributed by atoms with Crippen molar-refractivity contribution < 1.29 is 23.1 Å². The molecule has 9 nitrogen and oxygen atoms in total. The van der Waals surface area contributed by atoms with Crippen molar-refractivity contribution in [1.82, 2.24) is 15.2 Å². The molecule has 0 aliphatic carbocycles. The molecule has 12 heteroatoms. The van der Waals surface area contributed by atoms with Crippen LogP contribution in [0.5, 0.6) is 0 Å². The highest BCUT2D eigenvalue weighted by atomic mass is 19.4. The number of β-amino-alcohol motifs (C(OH)–C–C–N with tert-alkyl or cyclic N) is 1. The van der Waals surface area contributed by atoms with Gasteiger partial charge in [-0.25, -0.2) is 4.98 Å². The van der Waals surface area contributed by atoms with Gasteiger partial charge in [-0.3, -0.25) is 9.69 Å². The summed E-state index contributed by atoms with van der Waals surface area (Å²) in [7, 11) is 1.61. The van der Waals surface area contributed by atoms with Crippen LogP contribution in [0.4, 0.5) is 30.4 Å². The Balaban J connectivity index is 1.37. The zero-order chi connectivity index (χ0) is 27.9. The molecule has 1 aromatic carbocycles. The number of halogens is 3. The number of aliphatic hydroxyl groups excluding tert-OH is 1. The number of aryl methyl sites for hydroxylation is 1. The van der Waals surface area contributed by atoms with Gasteiger partial charge in [0.15, 0.2) is 0 Å². The first-order chi connectivity index (χ1) is 18.5. The molecular weight excluding hydrogens is 511 g/mol. The summed E-state index contributed by atoms with van der Waals surface area (Å²) in [6.45, 7) is 6.59. The van der Waals surface area contributed by atoms with Crippen LogP contribution in [0.2, 0.25) is 0 Å². The molecule has 3 aliphatic rings. The summed E-state index contributed by atoms with van der Waals surface area (Å²) in [4.78, 5) is 23.3. The number of likely N-dealkylation sites (tertiary alicyclic amines) is 1. The number of nitrogens with zero attached hydrogens (tertiary/aromatic N) is 5. The third-order valence-electron chi connectivity index (χ3n) is 7.79. The van der Waals surface area contributed by atoms with E-state index in [-0.39, 0.29) is 23.8 Å². The number of anilines is 3. The van der Waals surface area contributed by atoms with Crippen LogP contribution in [0.1, 0.15) is 23.2 Å². The van der Waals surface area contributed by atoms with E-state index in [1.54, 1.807) is 25.2 Å². The molecule has 39 heavy (non-hydrogen) atoms. The average molecular weight is 544 g/mol. The fourth-order valence-electron chi connectivity index (χ4n) is 5.84. The van der Waals surface area contributed by atoms with Crippen LogP contribution in [0.15, 0.2) is 30.3 Å². The number of fused-ring (bicyclic) bond motifs is 1. The van der Waals surface area contributed by atoms with Gasteiger partial charge in [-0.15, -0.1) is 0 Å². The topological polar surface area (TPSA) is 108 Å². The van der Waals surface area contributed by atoms with Gasteiger partial charge >= 0.3 is 6.18 Å². The molecule has 0 saturated carbocycles. The number of likely N-dealkylation sites (N-methyl/N-ethyl adjacent to an activating group) is 1. The van der Waals surface area contributed by atoms with Gasteiger partial charge in [0.25, 0.3) is 0 Å². The number of nitrogens with one attached hydrogen (secondary N) is 2. The average Bonchev–Trinajstić information content (AvgIpc) is 2.84. The molecule has 2 atom stereocenters. The molecule has 3 N–H and O–H groups in total. The number of rotatable bonds is 6. The molecule has 0 radical (unpaired) electrons. The van der Waals surface area contributed by atoms with Gasteiger partial charge in [0.1, 0.15) is 23.5 Å². The van der Waals surface area contributed by atoms with Crippen molar-refractivity contribution in [1.29, 1.82) is 5.26 Å². The minimum atomic E-state index is -4.74. The minimum Gasteiger partial charge on any atom is -0.390 e. The van der Waals surface area contributed by atoms with Crippen LogP contribution in [-0.2, 0) is 11.0 Å². The Morgan fingerprint density at radius 3 is 2.56 bits per heavy atom. The van der Waals surface area contributed by atoms with Crippen LogP contribution in [0.25, 0.3) is 0 Å². The smallest absolute Gasteiger partial charge is 0.390 e. The Kier molecular flexibility index (Phi) is 7.17. The lowest BCUT2D eigenvalue weighted by molar-refractivity contribution is -0.137. The third kappa shape index (κ3) is 5.39. The first kappa shape index (κ1) is 27.2. The number of pyridine rings is 1. The number of hydrogen-bond donors (Lipinski definition) is 3. The number of alkyl halides is 3. The number of nitriles is 1. The summed E-state index contributed by atoms with van der Waals surface area (Å²) in [5, 5.41) is 26.7. The van der Waals surface area contributed by atoms with E-state index in [0.717, 1.165) is 37.9 Å². The molecule has 1 unspecified atom stereocenters. The fourth-order valence-corrected chi connectivity index (χ4v) is 5.84. The highest BCUT2D eigenvalue weighted by Gasteiger charge is 2.47. The van der Waals surface area contributed by atoms with E-state index in [4.69, 9.17) is 0 Å². The van der Waals surface area contributed by atoms with Crippen molar-refractivity contribution in [3.05, 3.63) is 47.2 Å². The lowest BCUT2D eigenvalue weighted by atomic mass is 9.74. The zero-order valence-corrected chi connectivity index (χ0v) is 21.9. The summed E-state index contributed by atoms with van der Waals surface area (Å²) >= 11 is 0. The van der Waals surface area contributed by atoms with Gasteiger partial charge in [-0.1, -0.05) is 12.1 Å². The van der Waals surface area contributed by atoms with E-state index in [9.17, 15) is 28.3 Å². The van der Waals surface area contributed by atoms with E-state index < -0.39 is 29.4 Å². The Morgan fingerprint density at radius 2 is 1.95 bits per heavy atom. The van der Waals surface area contributed by atoms with Crippen molar-refractivity contribution in [3.8, 4) is 6.07 Å². The summed E-state index contributed by atoms with van der Waals surface area (Å²) in [5.41, 5.74) is 0.112. The van der Waals surface area contributed by atoms with Crippen LogP contribution in [-0.4, -0.2) is 85.9 Å². The second-order valence-corrected chi connectivity index (χ2v) is 10.9. The molecule has 3 aliphatic heterocycles. The quantitative estimate of drug-likeness (QED) is 0.509. The molecule has 2 aromatic rings. The first-order valence-electron chi connectivity index (χ1n) is 13.0. The predicted molar refractivity (Wildman–Crippen MR) is 141 cm³/mol. The Hall–Kier alpha value is -3.40. The Labute approximate surface area is 225 Å². The maximum atomic E-state index is 13.6. The van der Waals surface area contributed by atoms with E-state index in [2.05, 4.69) is 20.5 Å². The molecule has 1 amide bonds. The fraction of sp³-hybridized carbons (Fsp3) is 0.519. The van der Waals surface area contributed by atoms with Gasteiger partial charge in [0.2, 0.25) is 5.91 Å². The summed E-state index contributed by atoms with van der Waals surface area (Å²) in [6, 6.07) is 8.87. The monoisotopic (exact) mass is 543 g/mol. The summed E-state index contributed by atoms with van der Waals surface area (Å²) in [5.74, 6) is -0.627. The normalized spacial score (nSPS) is 21.8. The van der Waals surface area contributed by atoms with Gasteiger partial charge in [-0.05, 0) is 31.5 Å². The molecule has 4 heterocycles. The number of para-hydroxylation sites is 2. The van der Waals surface area contributed by atoms with Crippen LogP contribution < -0.4 is 20.4 Å². The standard InChI is InChI=1S/C27H32F3N7O2/c1-17-9-20(27(28,29)30)19(10-31)24(33-17)34-21-7-8-37(23-6-4-3-5-22(23)35(2)25(21)39)12-18(38)11-36-15-26(16-36)13-32-14-26/h3-6,9,18,21,32,38H,7-8,11-16H2,1-2H3,(H,33,34)/t18?,21-/m0/s1. The van der Waals surface area contributed by atoms with Crippen molar-refractivity contribution in [2.24, 2.45) is 5.41 Å². The van der Waals surface area contributed by atoms with Gasteiger partial charge in [0.05, 0.1) is 23.0 Å². The molecule has 208 valence electrons. The number of amides is 1. The lowest BCUT2D eigenvalue weighted by Gasteiger charge is -2.56. The van der Waals surface area contributed by atoms with Crippen LogP contribution in [0.3, 0.4) is 0 Å². The van der Waals surface area contributed by atoms with E-state index >= 15 is 0 Å². The molecule has 2 fully saturated rings. The molecule has 5 rings (SSSR count). The molecule has 1 aromatic heterocycles. The Morgan fingerprint density at radius 1 is 1.26 bits per heavy atom. The van der Waals surface area contributed by atoms with Crippen LogP contribution >= 0.6 is 0 Å². The Bertz CT molecular complexity index is 1280.